The molecule has 9 heteroatoms. The first-order chi connectivity index (χ1) is 15.0. The van der Waals surface area contributed by atoms with Crippen LogP contribution in [0.4, 0.5) is 0 Å². The number of rotatable bonds is 6. The summed E-state index contributed by atoms with van der Waals surface area (Å²) in [6.45, 7) is 2.13. The highest BCUT2D eigenvalue weighted by atomic mass is 35.5. The molecular formula is C22H22ClN3O3S2. The van der Waals surface area contributed by atoms with Gasteiger partial charge in [-0.25, -0.2) is 4.98 Å². The van der Waals surface area contributed by atoms with Gasteiger partial charge in [-0.1, -0.05) is 23.7 Å². The second kappa shape index (κ2) is 9.80. The Labute approximate surface area is 194 Å². The van der Waals surface area contributed by atoms with Crippen molar-refractivity contribution >= 4 is 46.1 Å². The second-order valence-electron chi connectivity index (χ2n) is 7.16. The Morgan fingerprint density at radius 2 is 1.77 bits per heavy atom. The van der Waals surface area contributed by atoms with E-state index < -0.39 is 0 Å². The van der Waals surface area contributed by atoms with Gasteiger partial charge in [-0.2, -0.15) is 0 Å². The number of piperazine rings is 1. The predicted molar refractivity (Wildman–Crippen MR) is 124 cm³/mol. The quantitative estimate of drug-likeness (QED) is 0.528. The van der Waals surface area contributed by atoms with Crippen molar-refractivity contribution in [1.82, 2.24) is 14.8 Å². The fourth-order valence-corrected chi connectivity index (χ4v) is 5.35. The van der Waals surface area contributed by atoms with Crippen LogP contribution >= 0.6 is 34.3 Å². The van der Waals surface area contributed by atoms with Crippen molar-refractivity contribution in [2.24, 2.45) is 0 Å². The van der Waals surface area contributed by atoms with E-state index in [1.165, 1.54) is 22.7 Å². The Bertz CT molecular complexity index is 1060. The number of hydrogen-bond acceptors (Lipinski definition) is 6. The summed E-state index contributed by atoms with van der Waals surface area (Å²) < 4.78 is 5.86. The maximum absolute atomic E-state index is 12.8. The maximum atomic E-state index is 12.8. The monoisotopic (exact) mass is 475 g/mol. The Morgan fingerprint density at radius 3 is 2.42 bits per heavy atom. The molecule has 2 aromatic heterocycles. The maximum Gasteiger partial charge on any atom is 0.273 e. The molecular weight excluding hydrogens is 454 g/mol. The van der Waals surface area contributed by atoms with Gasteiger partial charge in [-0.3, -0.25) is 9.59 Å². The molecule has 0 unspecified atom stereocenters. The van der Waals surface area contributed by atoms with Crippen LogP contribution in [-0.4, -0.2) is 59.9 Å². The topological polar surface area (TPSA) is 62.7 Å². The molecule has 0 N–H and O–H groups in total. The minimum absolute atomic E-state index is 0.0875. The first-order valence-electron chi connectivity index (χ1n) is 9.94. The fourth-order valence-electron chi connectivity index (χ4n) is 3.44. The third-order valence-electron chi connectivity index (χ3n) is 5.21. The molecule has 0 radical (unpaired) electrons. The molecule has 0 saturated carbocycles. The molecule has 0 spiro atoms. The summed E-state index contributed by atoms with van der Waals surface area (Å²) in [6.07, 6.45) is 1.15. The van der Waals surface area contributed by atoms with E-state index in [9.17, 15) is 9.59 Å². The summed E-state index contributed by atoms with van der Waals surface area (Å²) in [7, 11) is 1.63. The van der Waals surface area contributed by atoms with Crippen LogP contribution in [0.15, 0.2) is 41.8 Å². The molecule has 2 amide bonds. The van der Waals surface area contributed by atoms with Crippen LogP contribution in [-0.2, 0) is 11.2 Å². The summed E-state index contributed by atoms with van der Waals surface area (Å²) in [5.41, 5.74) is 1.55. The lowest BCUT2D eigenvalue weighted by molar-refractivity contribution is -0.132. The molecule has 1 fully saturated rings. The van der Waals surface area contributed by atoms with Gasteiger partial charge in [0.25, 0.3) is 5.91 Å². The number of carbonyl (C=O) groups excluding carboxylic acids is 2. The molecule has 31 heavy (non-hydrogen) atoms. The zero-order valence-corrected chi connectivity index (χ0v) is 19.4. The molecule has 1 aliphatic heterocycles. The smallest absolute Gasteiger partial charge is 0.273 e. The molecule has 3 aromatic rings. The van der Waals surface area contributed by atoms with Crippen LogP contribution in [0, 0.1) is 0 Å². The van der Waals surface area contributed by atoms with Gasteiger partial charge in [-0.15, -0.1) is 22.7 Å². The third-order valence-corrected chi connectivity index (χ3v) is 7.46. The number of thiophene rings is 1. The van der Waals surface area contributed by atoms with Crippen LogP contribution in [0.1, 0.15) is 22.5 Å². The first-order valence-corrected chi connectivity index (χ1v) is 12.0. The molecule has 3 heterocycles. The molecule has 1 aliphatic rings. The number of aromatic nitrogens is 1. The standard InChI is InChI=1S/C22H22ClN3O3S2/c1-29-16-5-2-15(3-6-16)4-9-20(27)25-10-12-26(13-11-25)22(28)17-14-30-21(24-17)18-7-8-19(23)31-18/h2-3,5-8,14H,4,9-13H2,1H3. The van der Waals surface area contributed by atoms with E-state index in [-0.39, 0.29) is 11.8 Å². The Kier molecular flexibility index (Phi) is 6.89. The molecule has 0 aliphatic carbocycles. The number of amides is 2. The molecule has 6 nitrogen and oxygen atoms in total. The van der Waals surface area contributed by atoms with Gasteiger partial charge < -0.3 is 14.5 Å². The van der Waals surface area contributed by atoms with E-state index in [0.29, 0.717) is 49.1 Å². The molecule has 0 atom stereocenters. The zero-order valence-electron chi connectivity index (χ0n) is 17.0. The van der Waals surface area contributed by atoms with Crippen molar-refractivity contribution in [1.29, 1.82) is 0 Å². The van der Waals surface area contributed by atoms with Crippen molar-refractivity contribution in [3.8, 4) is 15.6 Å². The zero-order chi connectivity index (χ0) is 21.8. The number of benzene rings is 1. The number of thiazole rings is 1. The highest BCUT2D eigenvalue weighted by molar-refractivity contribution is 7.23. The SMILES string of the molecule is COc1ccc(CCC(=O)N2CCN(C(=O)c3csc(-c4ccc(Cl)s4)n3)CC2)cc1. The van der Waals surface area contributed by atoms with Gasteiger partial charge in [0.2, 0.25) is 5.91 Å². The summed E-state index contributed by atoms with van der Waals surface area (Å²) in [6, 6.07) is 11.5. The van der Waals surface area contributed by atoms with Gasteiger partial charge in [-0.05, 0) is 36.2 Å². The van der Waals surface area contributed by atoms with Crippen molar-refractivity contribution in [2.45, 2.75) is 12.8 Å². The predicted octanol–water partition coefficient (Wildman–Crippen LogP) is 4.45. The summed E-state index contributed by atoms with van der Waals surface area (Å²) >= 11 is 8.88. The highest BCUT2D eigenvalue weighted by Crippen LogP contribution is 2.33. The van der Waals surface area contributed by atoms with Gasteiger partial charge in [0.15, 0.2) is 0 Å². The van der Waals surface area contributed by atoms with E-state index in [1.807, 2.05) is 41.3 Å². The van der Waals surface area contributed by atoms with Gasteiger partial charge >= 0.3 is 0 Å². The first kappa shape index (κ1) is 21.8. The van der Waals surface area contributed by atoms with Crippen LogP contribution in [0.2, 0.25) is 4.34 Å². The van der Waals surface area contributed by atoms with E-state index in [1.54, 1.807) is 17.4 Å². The second-order valence-corrected chi connectivity index (χ2v) is 9.74. The average Bonchev–Trinajstić information content (AvgIpc) is 3.46. The Balaban J connectivity index is 1.27. The van der Waals surface area contributed by atoms with Gasteiger partial charge in [0, 0.05) is 38.0 Å². The average molecular weight is 476 g/mol. The van der Waals surface area contributed by atoms with E-state index >= 15 is 0 Å². The number of methoxy groups -OCH3 is 1. The lowest BCUT2D eigenvalue weighted by Crippen LogP contribution is -2.50. The normalized spacial score (nSPS) is 14.0. The van der Waals surface area contributed by atoms with E-state index in [0.717, 1.165) is 21.2 Å². The lowest BCUT2D eigenvalue weighted by atomic mass is 10.1. The van der Waals surface area contributed by atoms with Crippen LogP contribution in [0.25, 0.3) is 9.88 Å². The van der Waals surface area contributed by atoms with E-state index in [4.69, 9.17) is 16.3 Å². The minimum atomic E-state index is -0.0875. The Hall–Kier alpha value is -2.42. The summed E-state index contributed by atoms with van der Waals surface area (Å²) in [5.74, 6) is 0.839. The van der Waals surface area contributed by atoms with Crippen molar-refractivity contribution in [3.63, 3.8) is 0 Å². The number of aryl methyl sites for hydroxylation is 1. The minimum Gasteiger partial charge on any atom is -0.497 e. The fraction of sp³-hybridized carbons (Fsp3) is 0.318. The van der Waals surface area contributed by atoms with Crippen molar-refractivity contribution in [3.05, 3.63) is 57.4 Å². The largest absolute Gasteiger partial charge is 0.497 e. The lowest BCUT2D eigenvalue weighted by Gasteiger charge is -2.34. The van der Waals surface area contributed by atoms with Gasteiger partial charge in [0.1, 0.15) is 16.5 Å². The van der Waals surface area contributed by atoms with Gasteiger partial charge in [0.05, 0.1) is 16.3 Å². The van der Waals surface area contributed by atoms with Crippen LogP contribution in [0.5, 0.6) is 5.75 Å². The van der Waals surface area contributed by atoms with Crippen molar-refractivity contribution < 1.29 is 14.3 Å². The number of ether oxygens (including phenoxy) is 1. The molecule has 0 bridgehead atoms. The molecule has 4 rings (SSSR count). The van der Waals surface area contributed by atoms with E-state index in [2.05, 4.69) is 4.98 Å². The van der Waals surface area contributed by atoms with Crippen LogP contribution in [0.3, 0.4) is 0 Å². The number of halogens is 1. The number of carbonyl (C=O) groups is 2. The molecule has 1 aromatic carbocycles. The number of nitrogens with zero attached hydrogens (tertiary/aromatic N) is 3. The summed E-state index contributed by atoms with van der Waals surface area (Å²) in [5, 5.41) is 2.59. The molecule has 162 valence electrons. The van der Waals surface area contributed by atoms with Crippen LogP contribution < -0.4 is 4.74 Å². The number of hydrogen-bond donors (Lipinski definition) is 0. The molecule has 1 saturated heterocycles. The van der Waals surface area contributed by atoms with Crippen molar-refractivity contribution in [2.75, 3.05) is 33.3 Å². The highest BCUT2D eigenvalue weighted by Gasteiger charge is 2.26. The Morgan fingerprint density at radius 1 is 1.06 bits per heavy atom. The third kappa shape index (κ3) is 5.26. The summed E-state index contributed by atoms with van der Waals surface area (Å²) in [4.78, 5) is 34.5.